The van der Waals surface area contributed by atoms with Crippen LogP contribution in [0.1, 0.15) is 18.2 Å². The van der Waals surface area contributed by atoms with Crippen LogP contribution in [0, 0.1) is 6.92 Å². The first-order valence-corrected chi connectivity index (χ1v) is 4.99. The van der Waals surface area contributed by atoms with Gasteiger partial charge in [-0.25, -0.2) is 0 Å². The lowest BCUT2D eigenvalue weighted by Crippen LogP contribution is -1.92. The van der Waals surface area contributed by atoms with Crippen molar-refractivity contribution in [3.05, 3.63) is 23.0 Å². The van der Waals surface area contributed by atoms with E-state index in [0.717, 1.165) is 5.33 Å². The van der Waals surface area contributed by atoms with Gasteiger partial charge in [-0.05, 0) is 13.8 Å². The summed E-state index contributed by atoms with van der Waals surface area (Å²) in [6.07, 6.45) is 4.04. The molecule has 1 aromatic heterocycles. The molecular formula is C9H13BrN2. The summed E-state index contributed by atoms with van der Waals surface area (Å²) in [6.45, 7) is 4.17. The van der Waals surface area contributed by atoms with Gasteiger partial charge in [-0.1, -0.05) is 27.6 Å². The highest BCUT2D eigenvalue weighted by Gasteiger charge is 1.99. The summed E-state index contributed by atoms with van der Waals surface area (Å²) in [6, 6.07) is 0. The Balaban J connectivity index is 2.97. The zero-order valence-electron chi connectivity index (χ0n) is 7.63. The van der Waals surface area contributed by atoms with Crippen LogP contribution in [0.15, 0.2) is 11.8 Å². The van der Waals surface area contributed by atoms with Crippen molar-refractivity contribution >= 4 is 22.0 Å². The summed E-state index contributed by atoms with van der Waals surface area (Å²) in [5.74, 6) is 0. The number of nitrogens with zero attached hydrogens (tertiary/aromatic N) is 2. The predicted molar refractivity (Wildman–Crippen MR) is 55.4 cm³/mol. The molecule has 2 nitrogen and oxygen atoms in total. The molecular weight excluding hydrogens is 216 g/mol. The van der Waals surface area contributed by atoms with Crippen molar-refractivity contribution in [2.45, 2.75) is 13.8 Å². The van der Waals surface area contributed by atoms with Gasteiger partial charge in [-0.15, -0.1) is 0 Å². The monoisotopic (exact) mass is 228 g/mol. The molecule has 0 N–H and O–H groups in total. The highest BCUT2D eigenvalue weighted by Crippen LogP contribution is 2.11. The lowest BCUT2D eigenvalue weighted by atomic mass is 10.2. The van der Waals surface area contributed by atoms with Crippen LogP contribution in [0.3, 0.4) is 0 Å². The summed E-state index contributed by atoms with van der Waals surface area (Å²) >= 11 is 3.41. The van der Waals surface area contributed by atoms with E-state index < -0.39 is 0 Å². The lowest BCUT2D eigenvalue weighted by Gasteiger charge is -1.95. The van der Waals surface area contributed by atoms with Crippen molar-refractivity contribution in [2.24, 2.45) is 7.05 Å². The molecule has 0 aromatic carbocycles. The standard InChI is InChI=1S/C9H13BrN2/c1-7(5-10)4-9-6-11-12(3)8(9)2/h4,6H,5H2,1-3H3. The van der Waals surface area contributed by atoms with Gasteiger partial charge in [-0.2, -0.15) is 5.10 Å². The van der Waals surface area contributed by atoms with Crippen LogP contribution in [0.25, 0.3) is 6.08 Å². The molecule has 0 saturated heterocycles. The van der Waals surface area contributed by atoms with E-state index in [1.54, 1.807) is 0 Å². The van der Waals surface area contributed by atoms with Gasteiger partial charge < -0.3 is 0 Å². The third-order valence-corrected chi connectivity index (χ3v) is 2.77. The quantitative estimate of drug-likeness (QED) is 0.712. The summed E-state index contributed by atoms with van der Waals surface area (Å²) < 4.78 is 1.88. The second-order valence-corrected chi connectivity index (χ2v) is 3.49. The minimum absolute atomic E-state index is 0.918. The number of allylic oxidation sites excluding steroid dienone is 1. The van der Waals surface area contributed by atoms with E-state index in [1.165, 1.54) is 16.8 Å². The number of hydrogen-bond acceptors (Lipinski definition) is 1. The van der Waals surface area contributed by atoms with Gasteiger partial charge in [0.15, 0.2) is 0 Å². The second-order valence-electron chi connectivity index (χ2n) is 2.93. The largest absolute Gasteiger partial charge is 0.272 e. The van der Waals surface area contributed by atoms with Gasteiger partial charge in [0.25, 0.3) is 0 Å². The van der Waals surface area contributed by atoms with E-state index in [2.05, 4.69) is 41.0 Å². The van der Waals surface area contributed by atoms with Gasteiger partial charge >= 0.3 is 0 Å². The molecule has 1 rings (SSSR count). The van der Waals surface area contributed by atoms with E-state index in [1.807, 2.05) is 17.9 Å². The van der Waals surface area contributed by atoms with Gasteiger partial charge in [0.05, 0.1) is 6.20 Å². The molecule has 0 amide bonds. The van der Waals surface area contributed by atoms with E-state index in [0.29, 0.717) is 0 Å². The highest BCUT2D eigenvalue weighted by molar-refractivity contribution is 9.09. The third-order valence-electron chi connectivity index (χ3n) is 1.89. The Morgan fingerprint density at radius 3 is 2.83 bits per heavy atom. The number of aryl methyl sites for hydroxylation is 1. The Morgan fingerprint density at radius 1 is 1.75 bits per heavy atom. The molecule has 0 unspecified atom stereocenters. The zero-order valence-corrected chi connectivity index (χ0v) is 9.22. The number of halogens is 1. The first kappa shape index (κ1) is 9.52. The SMILES string of the molecule is CC(=Cc1cnn(C)c1C)CBr. The smallest absolute Gasteiger partial charge is 0.0564 e. The van der Waals surface area contributed by atoms with Gasteiger partial charge in [0.2, 0.25) is 0 Å². The summed E-state index contributed by atoms with van der Waals surface area (Å²) in [7, 11) is 1.95. The van der Waals surface area contributed by atoms with Crippen LogP contribution in [0.4, 0.5) is 0 Å². The number of alkyl halides is 1. The van der Waals surface area contributed by atoms with Gasteiger partial charge in [-0.3, -0.25) is 4.68 Å². The molecule has 0 fully saturated rings. The molecule has 1 aromatic rings. The van der Waals surface area contributed by atoms with E-state index in [9.17, 15) is 0 Å². The normalized spacial score (nSPS) is 12.2. The summed E-state index contributed by atoms with van der Waals surface area (Å²) in [5, 5.41) is 5.08. The van der Waals surface area contributed by atoms with Crippen LogP contribution in [0.2, 0.25) is 0 Å². The fraction of sp³-hybridized carbons (Fsp3) is 0.444. The minimum Gasteiger partial charge on any atom is -0.272 e. The average molecular weight is 229 g/mol. The maximum atomic E-state index is 4.16. The Morgan fingerprint density at radius 2 is 2.42 bits per heavy atom. The molecule has 1 heterocycles. The van der Waals surface area contributed by atoms with Crippen LogP contribution in [-0.4, -0.2) is 15.1 Å². The maximum absolute atomic E-state index is 4.16. The lowest BCUT2D eigenvalue weighted by molar-refractivity contribution is 0.740. The van der Waals surface area contributed by atoms with E-state index in [4.69, 9.17) is 0 Å². The Bertz CT molecular complexity index is 299. The molecule has 0 spiro atoms. The average Bonchev–Trinajstić information content (AvgIpc) is 2.36. The van der Waals surface area contributed by atoms with Crippen LogP contribution < -0.4 is 0 Å². The Hall–Kier alpha value is -0.570. The number of aromatic nitrogens is 2. The van der Waals surface area contributed by atoms with Crippen LogP contribution in [0.5, 0.6) is 0 Å². The summed E-state index contributed by atoms with van der Waals surface area (Å²) in [4.78, 5) is 0. The second kappa shape index (κ2) is 3.90. The fourth-order valence-electron chi connectivity index (χ4n) is 0.961. The van der Waals surface area contributed by atoms with Crippen molar-refractivity contribution in [1.82, 2.24) is 9.78 Å². The molecule has 12 heavy (non-hydrogen) atoms. The molecule has 0 aliphatic heterocycles. The first-order chi connectivity index (χ1) is 5.65. The van der Waals surface area contributed by atoms with Crippen LogP contribution in [-0.2, 0) is 7.05 Å². The van der Waals surface area contributed by atoms with Crippen molar-refractivity contribution in [3.8, 4) is 0 Å². The zero-order chi connectivity index (χ0) is 9.14. The molecule has 0 atom stereocenters. The molecule has 0 aliphatic carbocycles. The molecule has 66 valence electrons. The topological polar surface area (TPSA) is 17.8 Å². The molecule has 3 heteroatoms. The third kappa shape index (κ3) is 1.97. The predicted octanol–water partition coefficient (Wildman–Crippen LogP) is 2.53. The molecule has 0 saturated carbocycles. The van der Waals surface area contributed by atoms with Crippen molar-refractivity contribution in [1.29, 1.82) is 0 Å². The molecule has 0 aliphatic rings. The molecule has 0 bridgehead atoms. The van der Waals surface area contributed by atoms with Crippen molar-refractivity contribution in [3.63, 3.8) is 0 Å². The first-order valence-electron chi connectivity index (χ1n) is 3.87. The van der Waals surface area contributed by atoms with Gasteiger partial charge in [0, 0.05) is 23.6 Å². The minimum atomic E-state index is 0.918. The maximum Gasteiger partial charge on any atom is 0.0564 e. The number of rotatable bonds is 2. The number of hydrogen-bond donors (Lipinski definition) is 0. The highest BCUT2D eigenvalue weighted by atomic mass is 79.9. The fourth-order valence-corrected chi connectivity index (χ4v) is 1.12. The summed E-state index contributed by atoms with van der Waals surface area (Å²) in [5.41, 5.74) is 3.72. The van der Waals surface area contributed by atoms with Crippen molar-refractivity contribution < 1.29 is 0 Å². The van der Waals surface area contributed by atoms with Gasteiger partial charge in [0.1, 0.15) is 0 Å². The Kier molecular flexibility index (Phi) is 3.09. The van der Waals surface area contributed by atoms with Crippen LogP contribution >= 0.6 is 15.9 Å². The van der Waals surface area contributed by atoms with E-state index >= 15 is 0 Å². The molecule has 0 radical (unpaired) electrons. The Labute approximate surface area is 81.4 Å². The van der Waals surface area contributed by atoms with Crippen molar-refractivity contribution in [2.75, 3.05) is 5.33 Å². The van der Waals surface area contributed by atoms with E-state index in [-0.39, 0.29) is 0 Å².